The van der Waals surface area contributed by atoms with Crippen LogP contribution in [0.3, 0.4) is 0 Å². The molecule has 1 aliphatic rings. The summed E-state index contributed by atoms with van der Waals surface area (Å²) in [4.78, 5) is 11.3. The summed E-state index contributed by atoms with van der Waals surface area (Å²) in [7, 11) is 0. The molecule has 26 heavy (non-hydrogen) atoms. The molecule has 3 aromatic rings. The van der Waals surface area contributed by atoms with Gasteiger partial charge in [0, 0.05) is 41.9 Å². The molecule has 0 bridgehead atoms. The molecule has 4 rings (SSSR count). The van der Waals surface area contributed by atoms with E-state index < -0.39 is 0 Å². The van der Waals surface area contributed by atoms with Gasteiger partial charge in [0.25, 0.3) is 0 Å². The third kappa shape index (κ3) is 3.69. The van der Waals surface area contributed by atoms with Crippen LogP contribution in [0.25, 0.3) is 10.9 Å². The first-order chi connectivity index (χ1) is 12.6. The van der Waals surface area contributed by atoms with Crippen molar-refractivity contribution in [2.24, 2.45) is 0 Å². The average Bonchev–Trinajstić information content (AvgIpc) is 3.04. The number of β-amino-alcohol motifs (C(OH)–C–C–N with tert-alkyl or cyclic N) is 1. The molecule has 1 unspecified atom stereocenters. The highest BCUT2D eigenvalue weighted by Gasteiger charge is 2.20. The minimum Gasteiger partial charge on any atom is -0.392 e. The maximum absolute atomic E-state index is 9.68. The van der Waals surface area contributed by atoms with Crippen LogP contribution in [0.2, 0.25) is 5.02 Å². The maximum atomic E-state index is 9.68. The predicted molar refractivity (Wildman–Crippen MR) is 108 cm³/mol. The Morgan fingerprint density at radius 1 is 1.31 bits per heavy atom. The van der Waals surface area contributed by atoms with Gasteiger partial charge in [-0.25, -0.2) is 4.98 Å². The summed E-state index contributed by atoms with van der Waals surface area (Å²) in [6, 6.07) is 9.80. The quantitative estimate of drug-likeness (QED) is 0.640. The number of rotatable bonds is 4. The summed E-state index contributed by atoms with van der Waals surface area (Å²) < 4.78 is 0.826. The molecule has 0 amide bonds. The summed E-state index contributed by atoms with van der Waals surface area (Å²) in [5, 5.41) is 14.6. The first-order valence-electron chi connectivity index (χ1n) is 8.45. The Balaban J connectivity index is 1.61. The highest BCUT2D eigenvalue weighted by atomic mass is 79.9. The number of aliphatic hydroxyl groups excluding tert-OH is 1. The van der Waals surface area contributed by atoms with Gasteiger partial charge in [-0.3, -0.25) is 9.88 Å². The van der Waals surface area contributed by atoms with Crippen LogP contribution < -0.4 is 5.32 Å². The van der Waals surface area contributed by atoms with Crippen molar-refractivity contribution in [1.29, 1.82) is 0 Å². The van der Waals surface area contributed by atoms with Crippen molar-refractivity contribution >= 4 is 49.9 Å². The Morgan fingerprint density at radius 3 is 3.00 bits per heavy atom. The van der Waals surface area contributed by atoms with Gasteiger partial charge in [-0.15, -0.1) is 0 Å². The third-order valence-corrected chi connectivity index (χ3v) is 5.81. The predicted octanol–water partition coefficient (Wildman–Crippen LogP) is 4.36. The fourth-order valence-corrected chi connectivity index (χ4v) is 3.76. The van der Waals surface area contributed by atoms with Gasteiger partial charge in [-0.05, 0) is 52.2 Å². The molecule has 0 radical (unpaired) electrons. The lowest BCUT2D eigenvalue weighted by Gasteiger charge is -2.15. The van der Waals surface area contributed by atoms with Crippen molar-refractivity contribution in [2.75, 3.05) is 18.4 Å². The van der Waals surface area contributed by atoms with Gasteiger partial charge >= 0.3 is 0 Å². The molecular weight excluding hydrogens is 416 g/mol. The van der Waals surface area contributed by atoms with E-state index in [1.54, 1.807) is 6.20 Å². The zero-order valence-corrected chi connectivity index (χ0v) is 16.3. The topological polar surface area (TPSA) is 61.3 Å². The number of hydrogen-bond acceptors (Lipinski definition) is 5. The number of likely N-dealkylation sites (tertiary alicyclic amines) is 1. The molecule has 1 atom stereocenters. The lowest BCUT2D eigenvalue weighted by Crippen LogP contribution is -2.21. The second-order valence-electron chi connectivity index (χ2n) is 6.48. The molecule has 1 fully saturated rings. The van der Waals surface area contributed by atoms with Crippen molar-refractivity contribution in [3.05, 3.63) is 57.8 Å². The first-order valence-corrected chi connectivity index (χ1v) is 9.62. The summed E-state index contributed by atoms with van der Waals surface area (Å²) in [6.07, 6.45) is 4.27. The summed E-state index contributed by atoms with van der Waals surface area (Å²) in [5.74, 6) is 0.672. The fourth-order valence-electron chi connectivity index (χ4n) is 3.23. The Morgan fingerprint density at radius 2 is 2.19 bits per heavy atom. The first kappa shape index (κ1) is 17.7. The van der Waals surface area contributed by atoms with E-state index >= 15 is 0 Å². The fraction of sp³-hybridized carbons (Fsp3) is 0.263. The molecule has 3 heterocycles. The van der Waals surface area contributed by atoms with Gasteiger partial charge in [0.2, 0.25) is 0 Å². The second-order valence-corrected chi connectivity index (χ2v) is 7.71. The van der Waals surface area contributed by atoms with Crippen LogP contribution in [0.4, 0.5) is 11.5 Å². The third-order valence-electron chi connectivity index (χ3n) is 4.51. The summed E-state index contributed by atoms with van der Waals surface area (Å²) >= 11 is 9.78. The smallest absolute Gasteiger partial charge is 0.156 e. The van der Waals surface area contributed by atoms with Crippen molar-refractivity contribution in [2.45, 2.75) is 19.1 Å². The van der Waals surface area contributed by atoms with Crippen molar-refractivity contribution < 1.29 is 5.11 Å². The Labute approximate surface area is 165 Å². The molecule has 7 heteroatoms. The van der Waals surface area contributed by atoms with Crippen LogP contribution in [0.1, 0.15) is 12.0 Å². The monoisotopic (exact) mass is 432 g/mol. The molecular formula is C19H18BrClN4O. The standard InChI is InChI=1S/C19H18BrClN4O/c20-15-2-1-3-16(17(15)21)24-19-18-13(4-6-22-19)8-12(9-23-18)10-25-7-5-14(26)11-25/h1-4,6,8-9,14,26H,5,7,10-11H2,(H,22,24). The van der Waals surface area contributed by atoms with Crippen LogP contribution in [0.15, 0.2) is 47.2 Å². The molecule has 134 valence electrons. The normalized spacial score (nSPS) is 17.7. The van der Waals surface area contributed by atoms with Crippen LogP contribution >= 0.6 is 27.5 Å². The highest BCUT2D eigenvalue weighted by Crippen LogP contribution is 2.33. The molecule has 1 aromatic carbocycles. The van der Waals surface area contributed by atoms with Gasteiger partial charge in [-0.2, -0.15) is 0 Å². The number of aliphatic hydroxyl groups is 1. The van der Waals surface area contributed by atoms with E-state index in [-0.39, 0.29) is 6.10 Å². The molecule has 2 N–H and O–H groups in total. The molecule has 1 aliphatic heterocycles. The van der Waals surface area contributed by atoms with E-state index in [4.69, 9.17) is 11.6 Å². The van der Waals surface area contributed by atoms with Crippen molar-refractivity contribution in [3.63, 3.8) is 0 Å². The zero-order chi connectivity index (χ0) is 18.1. The zero-order valence-electron chi connectivity index (χ0n) is 14.0. The minimum absolute atomic E-state index is 0.210. The number of nitrogens with one attached hydrogen (secondary N) is 1. The number of nitrogens with zero attached hydrogens (tertiary/aromatic N) is 3. The largest absolute Gasteiger partial charge is 0.392 e. The number of fused-ring (bicyclic) bond motifs is 1. The van der Waals surface area contributed by atoms with E-state index in [2.05, 4.69) is 42.2 Å². The molecule has 0 spiro atoms. The van der Waals surface area contributed by atoms with Gasteiger partial charge in [0.05, 0.1) is 16.8 Å². The molecule has 0 aliphatic carbocycles. The van der Waals surface area contributed by atoms with E-state index in [0.717, 1.165) is 52.7 Å². The minimum atomic E-state index is -0.210. The number of pyridine rings is 2. The van der Waals surface area contributed by atoms with Crippen LogP contribution in [-0.2, 0) is 6.54 Å². The number of halogens is 2. The van der Waals surface area contributed by atoms with Gasteiger partial charge < -0.3 is 10.4 Å². The SMILES string of the molecule is OC1CCN(Cc2cnc3c(Nc4cccc(Br)c4Cl)nccc3c2)C1. The summed E-state index contributed by atoms with van der Waals surface area (Å²) in [5.41, 5.74) is 2.70. The molecule has 1 saturated heterocycles. The van der Waals surface area contributed by atoms with Crippen LogP contribution in [-0.4, -0.2) is 39.2 Å². The van der Waals surface area contributed by atoms with Crippen molar-refractivity contribution in [1.82, 2.24) is 14.9 Å². The number of anilines is 2. The number of benzene rings is 1. The van der Waals surface area contributed by atoms with E-state index in [9.17, 15) is 5.11 Å². The van der Waals surface area contributed by atoms with E-state index in [1.165, 1.54) is 0 Å². The Kier molecular flexibility index (Phi) is 5.09. The van der Waals surface area contributed by atoms with Crippen LogP contribution in [0, 0.1) is 0 Å². The van der Waals surface area contributed by atoms with Gasteiger partial charge in [0.15, 0.2) is 5.82 Å². The van der Waals surface area contributed by atoms with E-state index in [0.29, 0.717) is 10.8 Å². The lowest BCUT2D eigenvalue weighted by molar-refractivity contribution is 0.175. The number of hydrogen-bond donors (Lipinski definition) is 2. The molecule has 5 nitrogen and oxygen atoms in total. The van der Waals surface area contributed by atoms with Gasteiger partial charge in [-0.1, -0.05) is 17.7 Å². The summed E-state index contributed by atoms with van der Waals surface area (Å²) in [6.45, 7) is 2.44. The molecule has 2 aromatic heterocycles. The highest BCUT2D eigenvalue weighted by molar-refractivity contribution is 9.10. The van der Waals surface area contributed by atoms with Gasteiger partial charge in [0.1, 0.15) is 5.52 Å². The number of aromatic nitrogens is 2. The Hall–Kier alpha value is -1.73. The van der Waals surface area contributed by atoms with Crippen molar-refractivity contribution in [3.8, 4) is 0 Å². The average molecular weight is 434 g/mol. The van der Waals surface area contributed by atoms with E-state index in [1.807, 2.05) is 30.5 Å². The maximum Gasteiger partial charge on any atom is 0.156 e. The second kappa shape index (κ2) is 7.48. The lowest BCUT2D eigenvalue weighted by atomic mass is 10.2. The Bertz CT molecular complexity index is 952. The molecule has 0 saturated carbocycles. The van der Waals surface area contributed by atoms with Crippen LogP contribution in [0.5, 0.6) is 0 Å².